The topological polar surface area (TPSA) is 43.7 Å². The van der Waals surface area contributed by atoms with Gasteiger partial charge >= 0.3 is 0 Å². The first-order valence-corrected chi connectivity index (χ1v) is 5.87. The predicted molar refractivity (Wildman–Crippen MR) is 55.1 cm³/mol. The van der Waals surface area contributed by atoms with Crippen molar-refractivity contribution in [3.63, 3.8) is 0 Å². The fraction of sp³-hybridized carbons (Fsp3) is 1.00. The molecule has 0 aromatic heterocycles. The fourth-order valence-electron chi connectivity index (χ4n) is 2.72. The van der Waals surface area contributed by atoms with Crippen LogP contribution in [-0.4, -0.2) is 46.5 Å². The van der Waals surface area contributed by atoms with E-state index in [1.54, 1.807) is 0 Å². The second-order valence-electron chi connectivity index (χ2n) is 4.73. The van der Waals surface area contributed by atoms with Gasteiger partial charge in [-0.05, 0) is 12.8 Å². The minimum atomic E-state index is -0.516. The van der Waals surface area contributed by atoms with E-state index in [9.17, 15) is 10.2 Å². The number of rotatable bonds is 1. The molecule has 0 radical (unpaired) electrons. The summed E-state index contributed by atoms with van der Waals surface area (Å²) in [6.07, 6.45) is 6.81. The molecule has 1 aliphatic carbocycles. The molecule has 0 spiro atoms. The van der Waals surface area contributed by atoms with E-state index in [-0.39, 0.29) is 0 Å². The van der Waals surface area contributed by atoms with Crippen LogP contribution in [0.15, 0.2) is 0 Å². The van der Waals surface area contributed by atoms with E-state index in [4.69, 9.17) is 0 Å². The molecule has 3 nitrogen and oxygen atoms in total. The van der Waals surface area contributed by atoms with E-state index < -0.39 is 12.2 Å². The standard InChI is InChI=1S/C11H21NO2/c13-10-7-12(8-11(10)14)9-5-3-1-2-4-6-9/h9-11,13-14H,1-8H2. The van der Waals surface area contributed by atoms with Crippen LogP contribution < -0.4 is 0 Å². The molecule has 1 heterocycles. The number of hydrogen-bond acceptors (Lipinski definition) is 3. The lowest BCUT2D eigenvalue weighted by atomic mass is 10.1. The Labute approximate surface area is 85.7 Å². The highest BCUT2D eigenvalue weighted by molar-refractivity contribution is 4.87. The molecule has 14 heavy (non-hydrogen) atoms. The maximum atomic E-state index is 9.48. The Morgan fingerprint density at radius 2 is 1.29 bits per heavy atom. The lowest BCUT2D eigenvalue weighted by Crippen LogP contribution is -2.33. The minimum absolute atomic E-state index is 0.516. The van der Waals surface area contributed by atoms with Crippen molar-refractivity contribution in [2.45, 2.75) is 56.8 Å². The summed E-state index contributed by atoms with van der Waals surface area (Å²) in [5.41, 5.74) is 0. The second-order valence-corrected chi connectivity index (χ2v) is 4.73. The van der Waals surface area contributed by atoms with Gasteiger partial charge in [0.05, 0.1) is 12.2 Å². The SMILES string of the molecule is OC1CN(C2CCCCCC2)CC1O. The Morgan fingerprint density at radius 3 is 1.79 bits per heavy atom. The minimum Gasteiger partial charge on any atom is -0.389 e. The van der Waals surface area contributed by atoms with Gasteiger partial charge in [0.25, 0.3) is 0 Å². The number of β-amino-alcohol motifs (C(OH)–C–C–N with tert-alkyl or cyclic N) is 2. The van der Waals surface area contributed by atoms with Crippen molar-refractivity contribution in [1.29, 1.82) is 0 Å². The molecule has 1 aliphatic heterocycles. The van der Waals surface area contributed by atoms with Gasteiger partial charge in [-0.3, -0.25) is 4.90 Å². The van der Waals surface area contributed by atoms with Gasteiger partial charge in [-0.15, -0.1) is 0 Å². The first-order valence-electron chi connectivity index (χ1n) is 5.87. The van der Waals surface area contributed by atoms with E-state index in [0.29, 0.717) is 19.1 Å². The van der Waals surface area contributed by atoms with Crippen molar-refractivity contribution in [2.24, 2.45) is 0 Å². The highest BCUT2D eigenvalue weighted by atomic mass is 16.3. The molecular weight excluding hydrogens is 178 g/mol. The second kappa shape index (κ2) is 4.60. The number of aliphatic hydroxyl groups excluding tert-OH is 2. The van der Waals surface area contributed by atoms with Crippen LogP contribution >= 0.6 is 0 Å². The molecule has 0 amide bonds. The zero-order valence-electron chi connectivity index (χ0n) is 8.73. The number of nitrogens with zero attached hydrogens (tertiary/aromatic N) is 1. The Kier molecular flexibility index (Phi) is 3.42. The van der Waals surface area contributed by atoms with Crippen LogP contribution in [0.5, 0.6) is 0 Å². The van der Waals surface area contributed by atoms with Gasteiger partial charge < -0.3 is 10.2 Å². The van der Waals surface area contributed by atoms with Gasteiger partial charge in [-0.25, -0.2) is 0 Å². The molecule has 2 unspecified atom stereocenters. The first kappa shape index (κ1) is 10.4. The quantitative estimate of drug-likeness (QED) is 0.612. The van der Waals surface area contributed by atoms with Gasteiger partial charge in [0.2, 0.25) is 0 Å². The van der Waals surface area contributed by atoms with Crippen LogP contribution in [0.25, 0.3) is 0 Å². The molecule has 0 aromatic rings. The van der Waals surface area contributed by atoms with Crippen LogP contribution in [0.2, 0.25) is 0 Å². The Bertz CT molecular complexity index is 168. The van der Waals surface area contributed by atoms with Gasteiger partial charge in [-0.1, -0.05) is 25.7 Å². The van der Waals surface area contributed by atoms with E-state index >= 15 is 0 Å². The number of aliphatic hydroxyl groups is 2. The molecule has 1 saturated carbocycles. The monoisotopic (exact) mass is 199 g/mol. The van der Waals surface area contributed by atoms with Crippen molar-refractivity contribution >= 4 is 0 Å². The van der Waals surface area contributed by atoms with Crippen LogP contribution in [0.4, 0.5) is 0 Å². The molecular formula is C11H21NO2. The van der Waals surface area contributed by atoms with Crippen LogP contribution in [-0.2, 0) is 0 Å². The first-order chi connectivity index (χ1) is 6.77. The molecule has 3 heteroatoms. The number of likely N-dealkylation sites (tertiary alicyclic amines) is 1. The molecule has 2 N–H and O–H groups in total. The zero-order chi connectivity index (χ0) is 9.97. The van der Waals surface area contributed by atoms with Crippen LogP contribution in [0.1, 0.15) is 38.5 Å². The van der Waals surface area contributed by atoms with Crippen LogP contribution in [0, 0.1) is 0 Å². The van der Waals surface area contributed by atoms with Crippen molar-refractivity contribution < 1.29 is 10.2 Å². The lowest BCUT2D eigenvalue weighted by molar-refractivity contribution is 0.0572. The normalized spacial score (nSPS) is 37.3. The maximum Gasteiger partial charge on any atom is 0.0938 e. The summed E-state index contributed by atoms with van der Waals surface area (Å²) in [5.74, 6) is 0. The van der Waals surface area contributed by atoms with Gasteiger partial charge in [0.15, 0.2) is 0 Å². The molecule has 1 saturated heterocycles. The Hall–Kier alpha value is -0.120. The van der Waals surface area contributed by atoms with Gasteiger partial charge in [-0.2, -0.15) is 0 Å². The third-order valence-electron chi connectivity index (χ3n) is 3.63. The van der Waals surface area contributed by atoms with Crippen molar-refractivity contribution in [3.05, 3.63) is 0 Å². The van der Waals surface area contributed by atoms with E-state index in [1.165, 1.54) is 38.5 Å². The summed E-state index contributed by atoms with van der Waals surface area (Å²) in [7, 11) is 0. The largest absolute Gasteiger partial charge is 0.389 e. The predicted octanol–water partition coefficient (Wildman–Crippen LogP) is 0.747. The average Bonchev–Trinajstić information content (AvgIpc) is 2.46. The average molecular weight is 199 g/mol. The van der Waals surface area contributed by atoms with E-state index in [0.717, 1.165) is 0 Å². The van der Waals surface area contributed by atoms with Gasteiger partial charge in [0, 0.05) is 19.1 Å². The van der Waals surface area contributed by atoms with Gasteiger partial charge in [0.1, 0.15) is 0 Å². The molecule has 2 atom stereocenters. The molecule has 2 aliphatic rings. The molecule has 2 fully saturated rings. The zero-order valence-corrected chi connectivity index (χ0v) is 8.73. The van der Waals surface area contributed by atoms with Crippen molar-refractivity contribution in [1.82, 2.24) is 4.90 Å². The summed E-state index contributed by atoms with van der Waals surface area (Å²) in [4.78, 5) is 2.28. The molecule has 2 rings (SSSR count). The van der Waals surface area contributed by atoms with E-state index in [1.807, 2.05) is 0 Å². The maximum absolute atomic E-state index is 9.48. The van der Waals surface area contributed by atoms with Crippen LogP contribution in [0.3, 0.4) is 0 Å². The third kappa shape index (κ3) is 2.27. The number of hydrogen-bond donors (Lipinski definition) is 2. The summed E-state index contributed by atoms with van der Waals surface area (Å²) < 4.78 is 0. The third-order valence-corrected chi connectivity index (χ3v) is 3.63. The highest BCUT2D eigenvalue weighted by Gasteiger charge is 2.33. The highest BCUT2D eigenvalue weighted by Crippen LogP contribution is 2.25. The fourth-order valence-corrected chi connectivity index (χ4v) is 2.72. The molecule has 0 aromatic carbocycles. The summed E-state index contributed by atoms with van der Waals surface area (Å²) >= 11 is 0. The Balaban J connectivity index is 1.88. The summed E-state index contributed by atoms with van der Waals surface area (Å²) in [6.45, 7) is 1.34. The van der Waals surface area contributed by atoms with E-state index in [2.05, 4.69) is 4.90 Å². The molecule has 82 valence electrons. The van der Waals surface area contributed by atoms with Crippen molar-refractivity contribution in [2.75, 3.05) is 13.1 Å². The molecule has 0 bridgehead atoms. The summed E-state index contributed by atoms with van der Waals surface area (Å²) in [5, 5.41) is 19.0. The summed E-state index contributed by atoms with van der Waals surface area (Å²) in [6, 6.07) is 0.615. The van der Waals surface area contributed by atoms with Crippen molar-refractivity contribution in [3.8, 4) is 0 Å². The lowest BCUT2D eigenvalue weighted by Gasteiger charge is -2.25. The Morgan fingerprint density at radius 1 is 0.786 bits per heavy atom. The smallest absolute Gasteiger partial charge is 0.0938 e.